The van der Waals surface area contributed by atoms with Gasteiger partial charge in [-0.1, -0.05) is 36.4 Å². The molecule has 100 valence electrons. The Kier molecular flexibility index (Phi) is 4.63. The second-order valence-corrected chi connectivity index (χ2v) is 5.23. The summed E-state index contributed by atoms with van der Waals surface area (Å²) in [6.45, 7) is 4.71. The number of aryl methyl sites for hydroxylation is 1. The molecule has 0 saturated carbocycles. The highest BCUT2D eigenvalue weighted by Crippen LogP contribution is 2.34. The van der Waals surface area contributed by atoms with E-state index in [-0.39, 0.29) is 0 Å². The topological polar surface area (TPSA) is 61.0 Å². The van der Waals surface area contributed by atoms with Gasteiger partial charge in [-0.3, -0.25) is 0 Å². The van der Waals surface area contributed by atoms with Gasteiger partial charge in [0, 0.05) is 4.90 Å². The molecule has 4 nitrogen and oxygen atoms in total. The van der Waals surface area contributed by atoms with Gasteiger partial charge in [0.05, 0.1) is 6.61 Å². The first-order valence-corrected chi connectivity index (χ1v) is 7.00. The molecule has 0 atom stereocenters. The van der Waals surface area contributed by atoms with Crippen molar-refractivity contribution in [2.24, 2.45) is 0 Å². The van der Waals surface area contributed by atoms with Crippen LogP contribution in [-0.4, -0.2) is 16.6 Å². The summed E-state index contributed by atoms with van der Waals surface area (Å²) in [5.74, 6) is 0.465. The Morgan fingerprint density at radius 3 is 2.89 bits per heavy atom. The second kappa shape index (κ2) is 6.43. The van der Waals surface area contributed by atoms with Gasteiger partial charge in [-0.15, -0.1) is 0 Å². The van der Waals surface area contributed by atoms with Crippen LogP contribution in [0.5, 0.6) is 5.88 Å². The van der Waals surface area contributed by atoms with Crippen molar-refractivity contribution in [2.45, 2.75) is 30.2 Å². The van der Waals surface area contributed by atoms with Crippen LogP contribution < -0.4 is 10.5 Å². The highest BCUT2D eigenvalue weighted by molar-refractivity contribution is 7.99. The van der Waals surface area contributed by atoms with Gasteiger partial charge < -0.3 is 10.5 Å². The van der Waals surface area contributed by atoms with Gasteiger partial charge in [-0.05, 0) is 25.5 Å². The maximum Gasteiger partial charge on any atom is 0.241 e. The molecule has 2 N–H and O–H groups in total. The lowest BCUT2D eigenvalue weighted by atomic mass is 10.2. The first kappa shape index (κ1) is 13.7. The number of ether oxygens (including phenoxy) is 1. The first-order chi connectivity index (χ1) is 9.20. The molecule has 0 saturated heterocycles. The van der Waals surface area contributed by atoms with Crippen LogP contribution in [0.2, 0.25) is 0 Å². The van der Waals surface area contributed by atoms with Gasteiger partial charge in [-0.25, -0.2) is 4.98 Å². The summed E-state index contributed by atoms with van der Waals surface area (Å²) < 4.78 is 5.50. The van der Waals surface area contributed by atoms with Crippen LogP contribution in [-0.2, 0) is 0 Å². The van der Waals surface area contributed by atoms with Gasteiger partial charge in [0.1, 0.15) is 17.0 Å². The average molecular weight is 275 g/mol. The molecule has 1 heterocycles. The summed E-state index contributed by atoms with van der Waals surface area (Å²) >= 11 is 1.52. The summed E-state index contributed by atoms with van der Waals surface area (Å²) in [7, 11) is 0. The summed E-state index contributed by atoms with van der Waals surface area (Å²) in [5, 5.41) is 0.728. The SMILES string of the molecule is CCCOc1ncnc(Sc2cccc(C)c2)c1N. The minimum absolute atomic E-state index is 0.465. The molecule has 0 bridgehead atoms. The van der Waals surface area contributed by atoms with E-state index in [2.05, 4.69) is 29.0 Å². The van der Waals surface area contributed by atoms with Crippen molar-refractivity contribution in [1.29, 1.82) is 0 Å². The molecule has 1 aromatic carbocycles. The molecule has 0 unspecified atom stereocenters. The normalized spacial score (nSPS) is 10.4. The lowest BCUT2D eigenvalue weighted by Gasteiger charge is -2.09. The maximum atomic E-state index is 6.04. The number of nitrogen functional groups attached to an aromatic ring is 1. The molecule has 2 rings (SSSR count). The third kappa shape index (κ3) is 3.61. The van der Waals surface area contributed by atoms with Crippen LogP contribution in [0, 0.1) is 6.92 Å². The zero-order valence-corrected chi connectivity index (χ0v) is 11.9. The number of anilines is 1. The molecule has 5 heteroatoms. The van der Waals surface area contributed by atoms with Gasteiger partial charge in [0.25, 0.3) is 0 Å². The molecule has 19 heavy (non-hydrogen) atoms. The fourth-order valence-electron chi connectivity index (χ4n) is 1.55. The molecule has 0 fully saturated rings. The van der Waals surface area contributed by atoms with Crippen LogP contribution in [0.4, 0.5) is 5.69 Å². The predicted molar refractivity (Wildman–Crippen MR) is 77.5 cm³/mol. The van der Waals surface area contributed by atoms with E-state index in [1.807, 2.05) is 19.1 Å². The molecule has 0 radical (unpaired) electrons. The average Bonchev–Trinajstić information content (AvgIpc) is 2.40. The largest absolute Gasteiger partial charge is 0.476 e. The standard InChI is InChI=1S/C14H17N3OS/c1-3-7-18-13-12(15)14(17-9-16-13)19-11-6-4-5-10(2)8-11/h4-6,8-9H,3,7,15H2,1-2H3. The van der Waals surface area contributed by atoms with Crippen LogP contribution >= 0.6 is 11.8 Å². The molecular weight excluding hydrogens is 258 g/mol. The quantitative estimate of drug-likeness (QED) is 0.848. The summed E-state index contributed by atoms with van der Waals surface area (Å²) in [5.41, 5.74) is 7.75. The van der Waals surface area contributed by atoms with Crippen molar-refractivity contribution < 1.29 is 4.74 Å². The van der Waals surface area contributed by atoms with Crippen molar-refractivity contribution in [2.75, 3.05) is 12.3 Å². The zero-order chi connectivity index (χ0) is 13.7. The summed E-state index contributed by atoms with van der Waals surface area (Å²) in [6, 6.07) is 8.21. The number of hydrogen-bond acceptors (Lipinski definition) is 5. The summed E-state index contributed by atoms with van der Waals surface area (Å²) in [4.78, 5) is 9.39. The van der Waals surface area contributed by atoms with Crippen molar-refractivity contribution in [3.63, 3.8) is 0 Å². The van der Waals surface area contributed by atoms with Crippen molar-refractivity contribution in [3.05, 3.63) is 36.2 Å². The predicted octanol–water partition coefficient (Wildman–Crippen LogP) is 3.31. The Hall–Kier alpha value is -1.75. The Morgan fingerprint density at radius 1 is 1.32 bits per heavy atom. The van der Waals surface area contributed by atoms with Crippen molar-refractivity contribution in [3.8, 4) is 5.88 Å². The third-order valence-electron chi connectivity index (χ3n) is 2.46. The molecule has 0 aliphatic rings. The summed E-state index contributed by atoms with van der Waals surface area (Å²) in [6.07, 6.45) is 2.41. The van der Waals surface area contributed by atoms with E-state index < -0.39 is 0 Å². The molecule has 0 aliphatic heterocycles. The van der Waals surface area contributed by atoms with Crippen LogP contribution in [0.1, 0.15) is 18.9 Å². The van der Waals surface area contributed by atoms with E-state index in [1.165, 1.54) is 23.7 Å². The van der Waals surface area contributed by atoms with Crippen molar-refractivity contribution in [1.82, 2.24) is 9.97 Å². The minimum atomic E-state index is 0.465. The van der Waals surface area contributed by atoms with E-state index in [1.54, 1.807) is 0 Å². The fraction of sp³-hybridized carbons (Fsp3) is 0.286. The third-order valence-corrected chi connectivity index (χ3v) is 3.47. The number of rotatable bonds is 5. The lowest BCUT2D eigenvalue weighted by Crippen LogP contribution is -2.03. The van der Waals surface area contributed by atoms with E-state index in [9.17, 15) is 0 Å². The van der Waals surface area contributed by atoms with Crippen molar-refractivity contribution >= 4 is 17.4 Å². The highest BCUT2D eigenvalue weighted by Gasteiger charge is 2.10. The Balaban J connectivity index is 2.20. The van der Waals surface area contributed by atoms with E-state index in [4.69, 9.17) is 10.5 Å². The zero-order valence-electron chi connectivity index (χ0n) is 11.1. The highest BCUT2D eigenvalue weighted by atomic mass is 32.2. The fourth-order valence-corrected chi connectivity index (χ4v) is 2.46. The molecule has 0 aliphatic carbocycles. The second-order valence-electron chi connectivity index (χ2n) is 4.16. The molecule has 0 amide bonds. The number of nitrogens with zero attached hydrogens (tertiary/aromatic N) is 2. The van der Waals surface area contributed by atoms with E-state index >= 15 is 0 Å². The van der Waals surface area contributed by atoms with Gasteiger partial charge >= 0.3 is 0 Å². The number of nitrogens with two attached hydrogens (primary N) is 1. The van der Waals surface area contributed by atoms with Crippen LogP contribution in [0.3, 0.4) is 0 Å². The minimum Gasteiger partial charge on any atom is -0.476 e. The monoisotopic (exact) mass is 275 g/mol. The smallest absolute Gasteiger partial charge is 0.241 e. The Labute approximate surface area is 117 Å². The Bertz CT molecular complexity index is 560. The first-order valence-electron chi connectivity index (χ1n) is 6.18. The molecule has 1 aromatic heterocycles. The lowest BCUT2D eigenvalue weighted by molar-refractivity contribution is 0.305. The van der Waals surface area contributed by atoms with E-state index in [0.717, 1.165) is 16.3 Å². The van der Waals surface area contributed by atoms with Gasteiger partial charge in [-0.2, -0.15) is 4.98 Å². The molecular formula is C14H17N3OS. The molecule has 0 spiro atoms. The van der Waals surface area contributed by atoms with Crippen LogP contribution in [0.15, 0.2) is 40.5 Å². The van der Waals surface area contributed by atoms with Gasteiger partial charge in [0.2, 0.25) is 5.88 Å². The van der Waals surface area contributed by atoms with Crippen LogP contribution in [0.25, 0.3) is 0 Å². The number of hydrogen-bond donors (Lipinski definition) is 1. The van der Waals surface area contributed by atoms with E-state index in [0.29, 0.717) is 18.2 Å². The molecule has 2 aromatic rings. The Morgan fingerprint density at radius 2 is 2.16 bits per heavy atom. The number of aromatic nitrogens is 2. The maximum absolute atomic E-state index is 6.04. The number of benzene rings is 1. The van der Waals surface area contributed by atoms with Gasteiger partial charge in [0.15, 0.2) is 0 Å².